The van der Waals surface area contributed by atoms with Gasteiger partial charge >= 0.3 is 0 Å². The summed E-state index contributed by atoms with van der Waals surface area (Å²) in [7, 11) is 0. The van der Waals surface area contributed by atoms with Crippen molar-refractivity contribution in [3.63, 3.8) is 0 Å². The van der Waals surface area contributed by atoms with Crippen LogP contribution in [-0.4, -0.2) is 26.3 Å². The van der Waals surface area contributed by atoms with Gasteiger partial charge in [-0.25, -0.2) is 0 Å². The highest BCUT2D eigenvalue weighted by molar-refractivity contribution is 6.30. The Labute approximate surface area is 102 Å². The average molecular weight is 240 g/mol. The highest BCUT2D eigenvalue weighted by Crippen LogP contribution is 2.32. The molecular formula is C13H18ClNO. The van der Waals surface area contributed by atoms with Gasteiger partial charge in [-0.15, -0.1) is 0 Å². The van der Waals surface area contributed by atoms with E-state index in [-0.39, 0.29) is 5.41 Å². The Kier molecular flexibility index (Phi) is 3.85. The Bertz CT molecular complexity index is 332. The first kappa shape index (κ1) is 11.9. The summed E-state index contributed by atoms with van der Waals surface area (Å²) >= 11 is 5.91. The quantitative estimate of drug-likeness (QED) is 0.798. The Morgan fingerprint density at radius 3 is 2.50 bits per heavy atom. The van der Waals surface area contributed by atoms with Crippen molar-refractivity contribution in [3.8, 4) is 0 Å². The number of hydrogen-bond acceptors (Lipinski definition) is 2. The fourth-order valence-corrected chi connectivity index (χ4v) is 2.29. The lowest BCUT2D eigenvalue weighted by atomic mass is 9.73. The number of rotatable bonds is 5. The molecule has 0 aliphatic carbocycles. The fraction of sp³-hybridized carbons (Fsp3) is 0.538. The van der Waals surface area contributed by atoms with Crippen LogP contribution in [0.5, 0.6) is 0 Å². The Morgan fingerprint density at radius 1 is 1.31 bits per heavy atom. The molecule has 0 bridgehead atoms. The van der Waals surface area contributed by atoms with Crippen LogP contribution in [0, 0.1) is 0 Å². The van der Waals surface area contributed by atoms with Gasteiger partial charge in [-0.2, -0.15) is 0 Å². The highest BCUT2D eigenvalue weighted by Gasteiger charge is 2.37. The zero-order chi connectivity index (χ0) is 11.4. The minimum atomic E-state index is 0.264. The molecule has 0 saturated carbocycles. The molecule has 16 heavy (non-hydrogen) atoms. The van der Waals surface area contributed by atoms with Gasteiger partial charge < -0.3 is 10.1 Å². The van der Waals surface area contributed by atoms with Gasteiger partial charge in [0.1, 0.15) is 0 Å². The number of ether oxygens (including phenoxy) is 1. The van der Waals surface area contributed by atoms with E-state index in [1.54, 1.807) is 0 Å². The van der Waals surface area contributed by atoms with Gasteiger partial charge in [0, 0.05) is 36.7 Å². The summed E-state index contributed by atoms with van der Waals surface area (Å²) in [6, 6.07) is 8.21. The molecule has 1 aromatic rings. The molecule has 0 aromatic heterocycles. The molecule has 0 amide bonds. The van der Waals surface area contributed by atoms with Crippen molar-refractivity contribution in [2.45, 2.75) is 18.8 Å². The van der Waals surface area contributed by atoms with Crippen molar-refractivity contribution in [2.75, 3.05) is 26.3 Å². The minimum absolute atomic E-state index is 0.264. The smallest absolute Gasteiger partial charge is 0.0475 e. The van der Waals surface area contributed by atoms with E-state index in [0.29, 0.717) is 0 Å². The number of hydrogen-bond donors (Lipinski definition) is 1. The van der Waals surface area contributed by atoms with E-state index in [0.717, 1.165) is 37.7 Å². The largest absolute Gasteiger partial charge is 0.382 e. The summed E-state index contributed by atoms with van der Waals surface area (Å²) < 4.78 is 5.46. The molecular weight excluding hydrogens is 222 g/mol. The predicted octanol–water partition coefficient (Wildman–Crippen LogP) is 2.61. The van der Waals surface area contributed by atoms with E-state index in [1.165, 1.54) is 5.56 Å². The average Bonchev–Trinajstić information content (AvgIpc) is 2.24. The van der Waals surface area contributed by atoms with Crippen LogP contribution in [0.2, 0.25) is 5.02 Å². The van der Waals surface area contributed by atoms with Crippen molar-refractivity contribution >= 4 is 11.6 Å². The van der Waals surface area contributed by atoms with Crippen LogP contribution in [-0.2, 0) is 10.2 Å². The molecule has 2 nitrogen and oxygen atoms in total. The molecule has 1 aliphatic rings. The number of nitrogens with one attached hydrogen (secondary N) is 1. The second-order valence-electron chi connectivity index (χ2n) is 4.34. The van der Waals surface area contributed by atoms with Crippen LogP contribution in [0.4, 0.5) is 0 Å². The van der Waals surface area contributed by atoms with E-state index in [9.17, 15) is 0 Å². The van der Waals surface area contributed by atoms with Crippen LogP contribution in [0.3, 0.4) is 0 Å². The highest BCUT2D eigenvalue weighted by atomic mass is 35.5. The second kappa shape index (κ2) is 5.17. The molecule has 3 heteroatoms. The third kappa shape index (κ3) is 2.40. The van der Waals surface area contributed by atoms with Crippen molar-refractivity contribution in [2.24, 2.45) is 0 Å². The first-order valence-corrected chi connectivity index (χ1v) is 6.19. The summed E-state index contributed by atoms with van der Waals surface area (Å²) in [5.74, 6) is 0. The molecule has 1 fully saturated rings. The third-order valence-electron chi connectivity index (χ3n) is 3.31. The van der Waals surface area contributed by atoms with Gasteiger partial charge in [-0.1, -0.05) is 23.7 Å². The number of halogens is 1. The Hall–Kier alpha value is -0.570. The summed E-state index contributed by atoms with van der Waals surface area (Å²) in [5.41, 5.74) is 1.63. The summed E-state index contributed by atoms with van der Waals surface area (Å²) in [6.45, 7) is 5.75. The lowest BCUT2D eigenvalue weighted by molar-refractivity contribution is 0.109. The van der Waals surface area contributed by atoms with Crippen LogP contribution in [0.25, 0.3) is 0 Å². The maximum atomic E-state index is 5.91. The first-order valence-electron chi connectivity index (χ1n) is 5.81. The minimum Gasteiger partial charge on any atom is -0.382 e. The molecule has 0 unspecified atom stereocenters. The summed E-state index contributed by atoms with van der Waals surface area (Å²) in [5, 5.41) is 4.16. The standard InChI is InChI=1S/C13H18ClNO/c1-2-16-8-7-13(9-15-10-13)11-3-5-12(14)6-4-11/h3-6,15H,2,7-10H2,1H3. The summed E-state index contributed by atoms with van der Waals surface area (Å²) in [4.78, 5) is 0. The topological polar surface area (TPSA) is 21.3 Å². The van der Waals surface area contributed by atoms with E-state index >= 15 is 0 Å². The molecule has 0 spiro atoms. The van der Waals surface area contributed by atoms with Gasteiger partial charge in [-0.3, -0.25) is 0 Å². The molecule has 1 saturated heterocycles. The zero-order valence-electron chi connectivity index (χ0n) is 9.63. The van der Waals surface area contributed by atoms with Crippen molar-refractivity contribution in [3.05, 3.63) is 34.9 Å². The van der Waals surface area contributed by atoms with Crippen molar-refractivity contribution < 1.29 is 4.74 Å². The molecule has 88 valence electrons. The van der Waals surface area contributed by atoms with E-state index in [2.05, 4.69) is 17.4 Å². The summed E-state index contributed by atoms with van der Waals surface area (Å²) in [6.07, 6.45) is 1.08. The molecule has 1 aliphatic heterocycles. The lowest BCUT2D eigenvalue weighted by Crippen LogP contribution is -2.57. The molecule has 1 heterocycles. The van der Waals surface area contributed by atoms with Crippen LogP contribution in [0.15, 0.2) is 24.3 Å². The van der Waals surface area contributed by atoms with Crippen LogP contribution < -0.4 is 5.32 Å². The SMILES string of the molecule is CCOCCC1(c2ccc(Cl)cc2)CNC1. The third-order valence-corrected chi connectivity index (χ3v) is 3.56. The molecule has 1 aromatic carbocycles. The number of benzene rings is 1. The lowest BCUT2D eigenvalue weighted by Gasteiger charge is -2.43. The molecule has 1 N–H and O–H groups in total. The predicted molar refractivity (Wildman–Crippen MR) is 67.1 cm³/mol. The monoisotopic (exact) mass is 239 g/mol. The Balaban J connectivity index is 2.05. The van der Waals surface area contributed by atoms with Gasteiger partial charge in [0.2, 0.25) is 0 Å². The van der Waals surface area contributed by atoms with E-state index < -0.39 is 0 Å². The van der Waals surface area contributed by atoms with Crippen LogP contribution in [0.1, 0.15) is 18.9 Å². The second-order valence-corrected chi connectivity index (χ2v) is 4.77. The van der Waals surface area contributed by atoms with Crippen LogP contribution >= 0.6 is 11.6 Å². The molecule has 2 rings (SSSR count). The molecule has 0 atom stereocenters. The normalized spacial score (nSPS) is 18.1. The van der Waals surface area contributed by atoms with Crippen molar-refractivity contribution in [1.29, 1.82) is 0 Å². The van der Waals surface area contributed by atoms with Gasteiger partial charge in [-0.05, 0) is 31.0 Å². The van der Waals surface area contributed by atoms with Crippen molar-refractivity contribution in [1.82, 2.24) is 5.32 Å². The fourth-order valence-electron chi connectivity index (χ4n) is 2.17. The van der Waals surface area contributed by atoms with Gasteiger partial charge in [0.15, 0.2) is 0 Å². The van der Waals surface area contributed by atoms with Gasteiger partial charge in [0.05, 0.1) is 0 Å². The van der Waals surface area contributed by atoms with Gasteiger partial charge in [0.25, 0.3) is 0 Å². The van der Waals surface area contributed by atoms with E-state index in [4.69, 9.17) is 16.3 Å². The maximum Gasteiger partial charge on any atom is 0.0475 e. The molecule has 0 radical (unpaired) electrons. The maximum absolute atomic E-state index is 5.91. The first-order chi connectivity index (χ1) is 7.77. The zero-order valence-corrected chi connectivity index (χ0v) is 10.4. The Morgan fingerprint density at radius 2 is 2.00 bits per heavy atom. The van der Waals surface area contributed by atoms with E-state index in [1.807, 2.05) is 19.1 Å².